The molecule has 1 saturated heterocycles. The zero-order valence-electron chi connectivity index (χ0n) is 15.4. The van der Waals surface area contributed by atoms with E-state index in [1.165, 1.54) is 19.1 Å². The van der Waals surface area contributed by atoms with E-state index in [1.807, 2.05) is 17.9 Å². The quantitative estimate of drug-likeness (QED) is 0.454. The Morgan fingerprint density at radius 3 is 2.44 bits per heavy atom. The maximum absolute atomic E-state index is 14.4. The summed E-state index contributed by atoms with van der Waals surface area (Å²) in [5.41, 5.74) is 1.86. The molecule has 0 N–H and O–H groups in total. The van der Waals surface area contributed by atoms with Gasteiger partial charge in [-0.2, -0.15) is 0 Å². The van der Waals surface area contributed by atoms with Gasteiger partial charge in [-0.05, 0) is 37.6 Å². The van der Waals surface area contributed by atoms with Crippen LogP contribution in [0.3, 0.4) is 0 Å². The van der Waals surface area contributed by atoms with Gasteiger partial charge in [0.15, 0.2) is 5.78 Å². The average Bonchev–Trinajstić information content (AvgIpc) is 2.67. The molecular formula is C20H22FN3O3. The average molecular weight is 371 g/mol. The van der Waals surface area contributed by atoms with Gasteiger partial charge in [0, 0.05) is 49.9 Å². The number of nitro groups is 1. The first kappa shape index (κ1) is 19.0. The van der Waals surface area contributed by atoms with Crippen LogP contribution in [0.25, 0.3) is 0 Å². The molecule has 0 spiro atoms. The molecule has 0 amide bonds. The van der Waals surface area contributed by atoms with Crippen molar-refractivity contribution >= 4 is 17.2 Å². The molecule has 142 valence electrons. The number of hydrogen-bond donors (Lipinski definition) is 0. The van der Waals surface area contributed by atoms with E-state index in [4.69, 9.17) is 0 Å². The van der Waals surface area contributed by atoms with Gasteiger partial charge in [-0.3, -0.25) is 19.8 Å². The van der Waals surface area contributed by atoms with Crippen molar-refractivity contribution in [2.75, 3.05) is 31.1 Å². The first-order valence-corrected chi connectivity index (χ1v) is 8.90. The van der Waals surface area contributed by atoms with Crippen molar-refractivity contribution < 1.29 is 14.1 Å². The third-order valence-electron chi connectivity index (χ3n) is 5.12. The van der Waals surface area contributed by atoms with Crippen molar-refractivity contribution in [2.24, 2.45) is 0 Å². The smallest absolute Gasteiger partial charge is 0.269 e. The minimum absolute atomic E-state index is 0.0389. The molecule has 0 saturated carbocycles. The number of carbonyl (C=O) groups is 1. The van der Waals surface area contributed by atoms with Crippen molar-refractivity contribution in [3.05, 3.63) is 69.5 Å². The van der Waals surface area contributed by atoms with Crippen molar-refractivity contribution in [3.63, 3.8) is 0 Å². The summed E-state index contributed by atoms with van der Waals surface area (Å²) in [5, 5.41) is 11.0. The van der Waals surface area contributed by atoms with E-state index in [0.717, 1.165) is 18.7 Å². The molecule has 1 fully saturated rings. The molecule has 0 aromatic heterocycles. The maximum Gasteiger partial charge on any atom is 0.269 e. The second-order valence-electron chi connectivity index (χ2n) is 6.77. The van der Waals surface area contributed by atoms with Crippen LogP contribution in [0.15, 0.2) is 42.5 Å². The molecule has 7 heteroatoms. The van der Waals surface area contributed by atoms with Gasteiger partial charge in [0.2, 0.25) is 0 Å². The summed E-state index contributed by atoms with van der Waals surface area (Å²) in [6, 6.07) is 11.3. The van der Waals surface area contributed by atoms with Crippen molar-refractivity contribution in [3.8, 4) is 0 Å². The lowest BCUT2D eigenvalue weighted by Crippen LogP contribution is -2.47. The number of benzene rings is 2. The first-order valence-electron chi connectivity index (χ1n) is 8.90. The lowest BCUT2D eigenvalue weighted by molar-refractivity contribution is -0.385. The highest BCUT2D eigenvalue weighted by atomic mass is 19.1. The zero-order valence-corrected chi connectivity index (χ0v) is 15.4. The molecule has 6 nitrogen and oxygen atoms in total. The molecule has 0 aliphatic carbocycles. The van der Waals surface area contributed by atoms with Gasteiger partial charge < -0.3 is 4.90 Å². The molecule has 0 unspecified atom stereocenters. The highest BCUT2D eigenvalue weighted by Crippen LogP contribution is 2.27. The summed E-state index contributed by atoms with van der Waals surface area (Å²) in [5.74, 6) is -0.543. The number of carbonyl (C=O) groups excluding carboxylic acids is 1. The molecule has 27 heavy (non-hydrogen) atoms. The molecule has 0 radical (unpaired) electrons. The number of anilines is 1. The fourth-order valence-corrected chi connectivity index (χ4v) is 3.44. The van der Waals surface area contributed by atoms with Gasteiger partial charge in [0.05, 0.1) is 10.6 Å². The normalized spacial score (nSPS) is 16.2. The van der Waals surface area contributed by atoms with Crippen LogP contribution in [0.4, 0.5) is 15.8 Å². The summed E-state index contributed by atoms with van der Waals surface area (Å²) in [7, 11) is 0. The molecular weight excluding hydrogens is 349 g/mol. The number of non-ortho nitro benzene ring substituents is 1. The summed E-state index contributed by atoms with van der Waals surface area (Å²) >= 11 is 0. The first-order chi connectivity index (χ1) is 12.9. The minimum atomic E-state index is -0.387. The number of piperazine rings is 1. The second-order valence-corrected chi connectivity index (χ2v) is 6.77. The number of nitrogens with zero attached hydrogens (tertiary/aromatic N) is 3. The Bertz CT molecular complexity index is 863. The number of hydrogen-bond acceptors (Lipinski definition) is 5. The van der Waals surface area contributed by atoms with Gasteiger partial charge in [0.1, 0.15) is 5.82 Å². The van der Waals surface area contributed by atoms with Crippen LogP contribution in [-0.2, 0) is 0 Å². The Balaban J connectivity index is 1.67. The van der Waals surface area contributed by atoms with Crippen molar-refractivity contribution in [2.45, 2.75) is 19.9 Å². The topological polar surface area (TPSA) is 66.7 Å². The third-order valence-corrected chi connectivity index (χ3v) is 5.12. The van der Waals surface area contributed by atoms with Crippen molar-refractivity contribution in [1.82, 2.24) is 4.90 Å². The van der Waals surface area contributed by atoms with Crippen molar-refractivity contribution in [1.29, 1.82) is 0 Å². The molecule has 1 aliphatic rings. The SMILES string of the molecule is CC(=O)c1ccc(N2CCN([C@@H](C)c3cccc([N+](=O)[O-])c3)CC2)c(F)c1. The van der Waals surface area contributed by atoms with Crippen LogP contribution in [0, 0.1) is 15.9 Å². The van der Waals surface area contributed by atoms with E-state index < -0.39 is 0 Å². The van der Waals surface area contributed by atoms with E-state index in [1.54, 1.807) is 24.3 Å². The fraction of sp³-hybridized carbons (Fsp3) is 0.350. The largest absolute Gasteiger partial charge is 0.367 e. The van der Waals surface area contributed by atoms with Crippen LogP contribution in [-0.4, -0.2) is 41.8 Å². The van der Waals surface area contributed by atoms with Gasteiger partial charge in [0.25, 0.3) is 5.69 Å². The molecule has 2 aromatic rings. The number of Topliss-reactive ketones (excluding diaryl/α,β-unsaturated/α-hetero) is 1. The van der Waals surface area contributed by atoms with Crippen LogP contribution >= 0.6 is 0 Å². The van der Waals surface area contributed by atoms with E-state index in [2.05, 4.69) is 4.90 Å². The van der Waals surface area contributed by atoms with E-state index in [-0.39, 0.29) is 28.3 Å². The molecule has 2 aromatic carbocycles. The third kappa shape index (κ3) is 4.14. The lowest BCUT2D eigenvalue weighted by atomic mass is 10.0. The Kier molecular flexibility index (Phi) is 5.51. The number of ketones is 1. The maximum atomic E-state index is 14.4. The number of halogens is 1. The standard InChI is InChI=1S/C20H22FN3O3/c1-14(16-4-3-5-18(12-16)24(26)27)22-8-10-23(11-9-22)20-7-6-17(15(2)25)13-19(20)21/h3-7,12-14H,8-11H2,1-2H3/t14-/m0/s1. The Labute approximate surface area is 157 Å². The zero-order chi connectivity index (χ0) is 19.6. The van der Waals surface area contributed by atoms with E-state index in [0.29, 0.717) is 24.3 Å². The van der Waals surface area contributed by atoms with Gasteiger partial charge in [-0.15, -0.1) is 0 Å². The summed E-state index contributed by atoms with van der Waals surface area (Å²) in [4.78, 5) is 26.2. The number of rotatable bonds is 5. The highest BCUT2D eigenvalue weighted by Gasteiger charge is 2.24. The summed E-state index contributed by atoms with van der Waals surface area (Å²) < 4.78 is 14.4. The van der Waals surface area contributed by atoms with Crippen LogP contribution in [0.1, 0.15) is 35.8 Å². The minimum Gasteiger partial charge on any atom is -0.367 e. The van der Waals surface area contributed by atoms with Crippen LogP contribution < -0.4 is 4.90 Å². The van der Waals surface area contributed by atoms with E-state index in [9.17, 15) is 19.3 Å². The molecule has 1 atom stereocenters. The molecule has 0 bridgehead atoms. The molecule has 1 heterocycles. The van der Waals surface area contributed by atoms with Gasteiger partial charge in [-0.25, -0.2) is 4.39 Å². The van der Waals surface area contributed by atoms with Gasteiger partial charge >= 0.3 is 0 Å². The van der Waals surface area contributed by atoms with Crippen LogP contribution in [0.2, 0.25) is 0 Å². The Morgan fingerprint density at radius 1 is 1.15 bits per heavy atom. The summed E-state index contributed by atoms with van der Waals surface area (Å²) in [6.07, 6.45) is 0. The van der Waals surface area contributed by atoms with E-state index >= 15 is 0 Å². The van der Waals surface area contributed by atoms with Gasteiger partial charge in [-0.1, -0.05) is 12.1 Å². The predicted molar refractivity (Wildman–Crippen MR) is 102 cm³/mol. The number of nitro benzene ring substituents is 1. The van der Waals surface area contributed by atoms with Crippen LogP contribution in [0.5, 0.6) is 0 Å². The lowest BCUT2D eigenvalue weighted by Gasteiger charge is -2.39. The highest BCUT2D eigenvalue weighted by molar-refractivity contribution is 5.94. The Morgan fingerprint density at radius 2 is 1.85 bits per heavy atom. The Hall–Kier alpha value is -2.80. The summed E-state index contributed by atoms with van der Waals surface area (Å²) in [6.45, 7) is 6.18. The fourth-order valence-electron chi connectivity index (χ4n) is 3.44. The predicted octanol–water partition coefficient (Wildman–Crippen LogP) is 3.82. The molecule has 3 rings (SSSR count). The monoisotopic (exact) mass is 371 g/mol. The second kappa shape index (κ2) is 7.84. The molecule has 1 aliphatic heterocycles.